The Bertz CT molecular complexity index is 2160. The van der Waals surface area contributed by atoms with Crippen LogP contribution in [0, 0.1) is 0 Å². The van der Waals surface area contributed by atoms with Gasteiger partial charge in [-0.25, -0.2) is 9.13 Å². The predicted octanol–water partition coefficient (Wildman–Crippen LogP) is 21.4. The molecule has 0 heterocycles. The molecule has 19 heteroatoms. The van der Waals surface area contributed by atoms with Crippen LogP contribution in [-0.4, -0.2) is 96.7 Å². The summed E-state index contributed by atoms with van der Waals surface area (Å²) < 4.78 is 68.4. The van der Waals surface area contributed by atoms with E-state index in [1.807, 2.05) is 0 Å². The zero-order valence-corrected chi connectivity index (χ0v) is 62.3. The molecule has 556 valence electrons. The normalized spacial score (nSPS) is 14.4. The number of phosphoric ester groups is 2. The van der Waals surface area contributed by atoms with Gasteiger partial charge in [-0.3, -0.25) is 37.3 Å². The monoisotopic (exact) mass is 1390 g/mol. The molecule has 0 aliphatic carbocycles. The van der Waals surface area contributed by atoms with Crippen LogP contribution in [0.1, 0.15) is 323 Å². The van der Waals surface area contributed by atoms with Crippen LogP contribution in [0.15, 0.2) is 85.1 Å². The third kappa shape index (κ3) is 68.8. The molecule has 5 unspecified atom stereocenters. The molecular formula is C77H136O17P2. The minimum Gasteiger partial charge on any atom is -0.462 e. The Hall–Kier alpha value is -3.76. The largest absolute Gasteiger partial charge is 0.472 e. The van der Waals surface area contributed by atoms with Crippen molar-refractivity contribution in [2.24, 2.45) is 0 Å². The number of phosphoric acid groups is 2. The Labute approximate surface area is 583 Å². The average molecular weight is 1400 g/mol. The molecule has 0 aromatic carbocycles. The maximum absolute atomic E-state index is 13.1. The van der Waals surface area contributed by atoms with Gasteiger partial charge in [-0.15, -0.1) is 0 Å². The zero-order chi connectivity index (χ0) is 70.4. The van der Waals surface area contributed by atoms with Crippen LogP contribution in [0.5, 0.6) is 0 Å². The Kier molecular flexibility index (Phi) is 67.0. The second kappa shape index (κ2) is 69.7. The van der Waals surface area contributed by atoms with Crippen molar-refractivity contribution in [2.75, 3.05) is 39.6 Å². The molecule has 0 aromatic heterocycles. The lowest BCUT2D eigenvalue weighted by Crippen LogP contribution is -2.30. The van der Waals surface area contributed by atoms with E-state index in [9.17, 15) is 43.2 Å². The first-order valence-corrected chi connectivity index (χ1v) is 40.8. The zero-order valence-electron chi connectivity index (χ0n) is 60.5. The second-order valence-electron chi connectivity index (χ2n) is 25.2. The summed E-state index contributed by atoms with van der Waals surface area (Å²) in [4.78, 5) is 72.8. The molecule has 17 nitrogen and oxygen atoms in total. The third-order valence-corrected chi connectivity index (χ3v) is 17.7. The van der Waals surface area contributed by atoms with Crippen molar-refractivity contribution in [3.8, 4) is 0 Å². The minimum atomic E-state index is -4.98. The van der Waals surface area contributed by atoms with Gasteiger partial charge < -0.3 is 33.8 Å². The van der Waals surface area contributed by atoms with Crippen molar-refractivity contribution in [3.05, 3.63) is 85.1 Å². The van der Waals surface area contributed by atoms with Crippen molar-refractivity contribution in [1.82, 2.24) is 0 Å². The van der Waals surface area contributed by atoms with E-state index in [1.54, 1.807) is 0 Å². The summed E-state index contributed by atoms with van der Waals surface area (Å²) in [5, 5.41) is 10.6. The topological polar surface area (TPSA) is 237 Å². The number of aliphatic hydroxyl groups excluding tert-OH is 1. The summed E-state index contributed by atoms with van der Waals surface area (Å²) in [6.45, 7) is 4.66. The standard InChI is InChI=1S/C77H136O17P2/c1-5-9-13-17-21-25-29-32-35-38-42-45-49-53-57-61-74(79)87-67-72(93-76(81)63-59-55-51-47-41-28-24-20-16-12-8-4)69-91-95(83,84)89-65-71(78)66-90-96(85,86)92-70-73(94-77(82)64-60-56-52-48-44-40-37-34-31-27-23-19-15-11-7-3)68-88-75(80)62-58-54-50-46-43-39-36-33-30-26-22-18-14-10-6-2/h10,14,20,22-24,26-27,32-37,71-73,78H,5-9,11-13,15-19,21,25,28-31,38-70H2,1-4H3,(H,83,84)(H,85,86)/b14-10-,24-20-,26-22-,27-23-,35-32-,36-33-,37-34-. The Morgan fingerprint density at radius 1 is 0.302 bits per heavy atom. The lowest BCUT2D eigenvalue weighted by molar-refractivity contribution is -0.161. The molecule has 0 spiro atoms. The van der Waals surface area contributed by atoms with E-state index in [0.717, 1.165) is 173 Å². The molecule has 0 aliphatic rings. The number of ether oxygens (including phenoxy) is 4. The van der Waals surface area contributed by atoms with E-state index in [2.05, 4.69) is 113 Å². The lowest BCUT2D eigenvalue weighted by Gasteiger charge is -2.21. The Morgan fingerprint density at radius 2 is 0.552 bits per heavy atom. The lowest BCUT2D eigenvalue weighted by atomic mass is 10.1. The molecule has 0 amide bonds. The van der Waals surface area contributed by atoms with Crippen molar-refractivity contribution in [1.29, 1.82) is 0 Å². The summed E-state index contributed by atoms with van der Waals surface area (Å²) in [5.74, 6) is -2.21. The van der Waals surface area contributed by atoms with Gasteiger partial charge in [0, 0.05) is 25.7 Å². The van der Waals surface area contributed by atoms with Gasteiger partial charge in [-0.2, -0.15) is 0 Å². The number of hydrogen-bond acceptors (Lipinski definition) is 15. The van der Waals surface area contributed by atoms with E-state index >= 15 is 0 Å². The van der Waals surface area contributed by atoms with Crippen LogP contribution in [-0.2, 0) is 65.4 Å². The molecular weight excluding hydrogens is 1260 g/mol. The van der Waals surface area contributed by atoms with Crippen LogP contribution >= 0.6 is 15.6 Å². The van der Waals surface area contributed by atoms with Gasteiger partial charge in [0.25, 0.3) is 0 Å². The Balaban J connectivity index is 5.34. The number of hydrogen-bond donors (Lipinski definition) is 3. The van der Waals surface area contributed by atoms with Gasteiger partial charge in [-0.1, -0.05) is 248 Å². The fourth-order valence-electron chi connectivity index (χ4n) is 10.0. The number of carbonyl (C=O) groups excluding carboxylic acids is 4. The van der Waals surface area contributed by atoms with E-state index < -0.39 is 97.5 Å². The highest BCUT2D eigenvalue weighted by molar-refractivity contribution is 7.47. The fraction of sp³-hybridized carbons (Fsp3) is 0.766. The van der Waals surface area contributed by atoms with E-state index in [0.29, 0.717) is 25.7 Å². The maximum atomic E-state index is 13.1. The van der Waals surface area contributed by atoms with Crippen LogP contribution in [0.4, 0.5) is 0 Å². The quantitative estimate of drug-likeness (QED) is 0.0169. The van der Waals surface area contributed by atoms with Gasteiger partial charge in [0.15, 0.2) is 12.2 Å². The Morgan fingerprint density at radius 3 is 0.896 bits per heavy atom. The highest BCUT2D eigenvalue weighted by Crippen LogP contribution is 2.45. The average Bonchev–Trinajstić information content (AvgIpc) is 1.09. The number of rotatable bonds is 71. The number of allylic oxidation sites excluding steroid dienone is 14. The van der Waals surface area contributed by atoms with Crippen LogP contribution in [0.25, 0.3) is 0 Å². The first-order chi connectivity index (χ1) is 46.7. The first kappa shape index (κ1) is 92.2. The van der Waals surface area contributed by atoms with Gasteiger partial charge in [-0.05, 0) is 135 Å². The molecule has 3 N–H and O–H groups in total. The first-order valence-electron chi connectivity index (χ1n) is 37.8. The molecule has 0 rings (SSSR count). The molecule has 0 aliphatic heterocycles. The van der Waals surface area contributed by atoms with Crippen molar-refractivity contribution >= 4 is 39.5 Å². The van der Waals surface area contributed by atoms with E-state index in [-0.39, 0.29) is 25.7 Å². The molecule has 0 aromatic rings. The summed E-state index contributed by atoms with van der Waals surface area (Å²) in [5.41, 5.74) is 0. The van der Waals surface area contributed by atoms with Crippen LogP contribution in [0.3, 0.4) is 0 Å². The van der Waals surface area contributed by atoms with Crippen LogP contribution < -0.4 is 0 Å². The van der Waals surface area contributed by atoms with Gasteiger partial charge in [0.2, 0.25) is 0 Å². The summed E-state index contributed by atoms with van der Waals surface area (Å²) >= 11 is 0. The number of unbranched alkanes of at least 4 members (excludes halogenated alkanes) is 31. The van der Waals surface area contributed by atoms with Crippen molar-refractivity contribution < 1.29 is 80.2 Å². The molecule has 0 saturated heterocycles. The third-order valence-electron chi connectivity index (χ3n) is 15.8. The van der Waals surface area contributed by atoms with Gasteiger partial charge >= 0.3 is 39.5 Å². The summed E-state index contributed by atoms with van der Waals surface area (Å²) in [6, 6.07) is 0. The SMILES string of the molecule is CC/C=C\C/C=C\C/C=C\CCCCCCCC(=O)OCC(COP(=O)(O)OCC(O)COP(=O)(O)OCC(COC(=O)CCCCCCC/C=C\CCCCCCCC)OC(=O)CCCCCCC/C=C\CCCC)OC(=O)CCCCCCC/C=C\C/C=C\CCCCC. The minimum absolute atomic E-state index is 0.0756. The number of carbonyl (C=O) groups is 4. The predicted molar refractivity (Wildman–Crippen MR) is 390 cm³/mol. The number of esters is 4. The second-order valence-corrected chi connectivity index (χ2v) is 28.1. The molecule has 5 atom stereocenters. The molecule has 0 radical (unpaired) electrons. The maximum Gasteiger partial charge on any atom is 0.472 e. The van der Waals surface area contributed by atoms with Crippen molar-refractivity contribution in [2.45, 2.75) is 341 Å². The highest BCUT2D eigenvalue weighted by atomic mass is 31.2. The molecule has 0 fully saturated rings. The van der Waals surface area contributed by atoms with Crippen LogP contribution in [0.2, 0.25) is 0 Å². The highest BCUT2D eigenvalue weighted by Gasteiger charge is 2.30. The number of aliphatic hydroxyl groups is 1. The van der Waals surface area contributed by atoms with Gasteiger partial charge in [0.1, 0.15) is 19.3 Å². The fourth-order valence-corrected chi connectivity index (χ4v) is 11.6. The van der Waals surface area contributed by atoms with E-state index in [4.69, 9.17) is 37.0 Å². The summed E-state index contributed by atoms with van der Waals surface area (Å²) in [6.07, 6.45) is 70.1. The van der Waals surface area contributed by atoms with Crippen molar-refractivity contribution in [3.63, 3.8) is 0 Å². The molecule has 0 bridgehead atoms. The smallest absolute Gasteiger partial charge is 0.462 e. The molecule has 0 saturated carbocycles. The summed E-state index contributed by atoms with van der Waals surface area (Å²) in [7, 11) is -9.95. The molecule has 96 heavy (non-hydrogen) atoms. The van der Waals surface area contributed by atoms with E-state index in [1.165, 1.54) is 70.6 Å². The van der Waals surface area contributed by atoms with Gasteiger partial charge in [0.05, 0.1) is 26.4 Å².